The third-order valence-electron chi connectivity index (χ3n) is 2.83. The van der Waals surface area contributed by atoms with Crippen molar-refractivity contribution in [1.29, 1.82) is 0 Å². The Morgan fingerprint density at radius 1 is 1.04 bits per heavy atom. The molecule has 0 saturated carbocycles. The quantitative estimate of drug-likeness (QED) is 0.884. The van der Waals surface area contributed by atoms with Crippen LogP contribution in [-0.4, -0.2) is 32.4 Å². The van der Waals surface area contributed by atoms with Gasteiger partial charge in [0.1, 0.15) is 5.82 Å². The van der Waals surface area contributed by atoms with E-state index in [2.05, 4.69) is 0 Å². The molecular weight excluding hydrogens is 329 g/mol. The largest absolute Gasteiger partial charge is 0.391 e. The van der Waals surface area contributed by atoms with Crippen LogP contribution in [0.2, 0.25) is 0 Å². The maximum Gasteiger partial charge on any atom is 0.175 e. The lowest BCUT2D eigenvalue weighted by Crippen LogP contribution is -2.21. The molecule has 1 atom stereocenters. The van der Waals surface area contributed by atoms with Crippen molar-refractivity contribution in [2.75, 3.05) is 12.8 Å². The minimum absolute atomic E-state index is 0.234. The minimum Gasteiger partial charge on any atom is -0.391 e. The molecule has 0 bridgehead atoms. The van der Waals surface area contributed by atoms with E-state index in [4.69, 9.17) is 10.8 Å². The van der Waals surface area contributed by atoms with Gasteiger partial charge in [0.2, 0.25) is 0 Å². The number of aliphatic hydroxyl groups excluding tert-OH is 1. The van der Waals surface area contributed by atoms with Crippen LogP contribution in [0, 0.1) is 5.82 Å². The topological polar surface area (TPSA) is 80.4 Å². The average Bonchev–Trinajstić information content (AvgIpc) is 2.59. The highest BCUT2D eigenvalue weighted by Crippen LogP contribution is 2.06. The molecule has 0 saturated heterocycles. The van der Waals surface area contributed by atoms with Crippen LogP contribution in [-0.2, 0) is 16.3 Å². The summed E-state index contributed by atoms with van der Waals surface area (Å²) < 4.78 is 34.1. The molecule has 0 aliphatic rings. The molecule has 0 fully saturated rings. The van der Waals surface area contributed by atoms with E-state index in [1.165, 1.54) is 18.4 Å². The molecule has 1 unspecified atom stereocenters. The lowest BCUT2D eigenvalue weighted by Gasteiger charge is -2.06. The van der Waals surface area contributed by atoms with Gasteiger partial charge in [0.15, 0.2) is 9.84 Å². The van der Waals surface area contributed by atoms with Crippen molar-refractivity contribution < 1.29 is 17.9 Å². The van der Waals surface area contributed by atoms with Crippen LogP contribution in [0.5, 0.6) is 0 Å². The average molecular weight is 355 g/mol. The fourth-order valence-electron chi connectivity index (χ4n) is 1.64. The lowest BCUT2D eigenvalue weighted by molar-refractivity contribution is 0.183. The fraction of sp³-hybridized carbons (Fsp3) is 0.333. The predicted molar refractivity (Wildman–Crippen MR) is 96.1 cm³/mol. The molecule has 4 nitrogen and oxygen atoms in total. The lowest BCUT2D eigenvalue weighted by atomic mass is 10.1. The number of benzene rings is 2. The molecule has 0 aliphatic heterocycles. The molecule has 134 valence electrons. The zero-order valence-electron chi connectivity index (χ0n) is 14.3. The van der Waals surface area contributed by atoms with Crippen molar-refractivity contribution in [3.05, 3.63) is 66.0 Å². The van der Waals surface area contributed by atoms with Crippen molar-refractivity contribution in [2.45, 2.75) is 31.3 Å². The Balaban J connectivity index is 0.000000405. The first kappa shape index (κ1) is 22.2. The Labute approximate surface area is 144 Å². The second-order valence-corrected chi connectivity index (χ2v) is 6.82. The van der Waals surface area contributed by atoms with E-state index in [1.54, 1.807) is 42.5 Å². The van der Waals surface area contributed by atoms with E-state index in [1.807, 2.05) is 13.8 Å². The number of hydrogen-bond donors (Lipinski definition) is 2. The predicted octanol–water partition coefficient (Wildman–Crippen LogP) is 2.80. The van der Waals surface area contributed by atoms with Crippen LogP contribution in [0.15, 0.2) is 59.5 Å². The van der Waals surface area contributed by atoms with E-state index in [0.29, 0.717) is 11.3 Å². The van der Waals surface area contributed by atoms with Gasteiger partial charge in [-0.2, -0.15) is 0 Å². The molecule has 0 heterocycles. The molecule has 0 radical (unpaired) electrons. The minimum atomic E-state index is -3.00. The fourth-order valence-corrected chi connectivity index (χ4v) is 2.30. The van der Waals surface area contributed by atoms with Crippen LogP contribution < -0.4 is 5.73 Å². The summed E-state index contributed by atoms with van der Waals surface area (Å²) in [6.07, 6.45) is 1.15. The van der Waals surface area contributed by atoms with E-state index in [0.717, 1.165) is 5.56 Å². The summed E-state index contributed by atoms with van der Waals surface area (Å²) in [6, 6.07) is 14.4. The molecule has 24 heavy (non-hydrogen) atoms. The van der Waals surface area contributed by atoms with Gasteiger partial charge in [0.25, 0.3) is 0 Å². The maximum absolute atomic E-state index is 12.4. The van der Waals surface area contributed by atoms with Gasteiger partial charge in [0, 0.05) is 12.8 Å². The summed E-state index contributed by atoms with van der Waals surface area (Å²) in [6.45, 7) is 4.23. The highest BCUT2D eigenvalue weighted by atomic mass is 32.2. The smallest absolute Gasteiger partial charge is 0.175 e. The third kappa shape index (κ3) is 9.39. The first-order valence-corrected chi connectivity index (χ1v) is 9.59. The highest BCUT2D eigenvalue weighted by molar-refractivity contribution is 7.90. The van der Waals surface area contributed by atoms with Gasteiger partial charge in [-0.05, 0) is 36.2 Å². The molecule has 0 aromatic heterocycles. The Hall–Kier alpha value is -1.76. The van der Waals surface area contributed by atoms with E-state index >= 15 is 0 Å². The van der Waals surface area contributed by atoms with Gasteiger partial charge in [-0.1, -0.05) is 44.2 Å². The van der Waals surface area contributed by atoms with Crippen LogP contribution >= 0.6 is 0 Å². The molecule has 2 rings (SSSR count). The standard InChI is InChI=1S/C9H12FNO.C7H8O2S.C2H6/c10-8-3-1-7(2-4-8)5-9(12)6-11;1-10(8,9)7-5-3-2-4-6-7;1-2/h1-4,9,12H,5-6,11H2;2-6H,1H3;1-2H3. The third-order valence-corrected chi connectivity index (χ3v) is 3.96. The Kier molecular flexibility index (Phi) is 10.9. The Morgan fingerprint density at radius 3 is 1.92 bits per heavy atom. The summed E-state index contributed by atoms with van der Waals surface area (Å²) in [5, 5.41) is 9.16. The van der Waals surface area contributed by atoms with E-state index in [9.17, 15) is 12.8 Å². The second kappa shape index (κ2) is 11.7. The van der Waals surface area contributed by atoms with Gasteiger partial charge in [0.05, 0.1) is 11.0 Å². The number of aliphatic hydroxyl groups is 1. The normalized spacial score (nSPS) is 11.4. The Morgan fingerprint density at radius 2 is 1.54 bits per heavy atom. The van der Waals surface area contributed by atoms with Crippen LogP contribution in [0.1, 0.15) is 19.4 Å². The summed E-state index contributed by atoms with van der Waals surface area (Å²) in [7, 11) is -3.00. The van der Waals surface area contributed by atoms with Crippen molar-refractivity contribution in [2.24, 2.45) is 5.73 Å². The number of sulfone groups is 1. The summed E-state index contributed by atoms with van der Waals surface area (Å²) in [5.41, 5.74) is 6.12. The second-order valence-electron chi connectivity index (χ2n) is 4.81. The van der Waals surface area contributed by atoms with Crippen molar-refractivity contribution >= 4 is 9.84 Å². The molecule has 3 N–H and O–H groups in total. The zero-order chi connectivity index (χ0) is 18.6. The Bertz CT molecular complexity index is 658. The van der Waals surface area contributed by atoms with Gasteiger partial charge >= 0.3 is 0 Å². The van der Waals surface area contributed by atoms with Gasteiger partial charge in [-0.25, -0.2) is 12.8 Å². The molecule has 2 aromatic carbocycles. The van der Waals surface area contributed by atoms with Crippen LogP contribution in [0.25, 0.3) is 0 Å². The van der Waals surface area contributed by atoms with Crippen molar-refractivity contribution in [3.8, 4) is 0 Å². The first-order valence-electron chi connectivity index (χ1n) is 7.70. The number of hydrogen-bond acceptors (Lipinski definition) is 4. The highest BCUT2D eigenvalue weighted by Gasteiger charge is 2.03. The first-order chi connectivity index (χ1) is 11.3. The van der Waals surface area contributed by atoms with Gasteiger partial charge < -0.3 is 10.8 Å². The molecular formula is C18H26FNO3S. The number of nitrogens with two attached hydrogens (primary N) is 1. The summed E-state index contributed by atoms with van der Waals surface area (Å²) in [4.78, 5) is 0.370. The summed E-state index contributed by atoms with van der Waals surface area (Å²) >= 11 is 0. The SMILES string of the molecule is CC.CS(=O)(=O)c1ccccc1.NCC(O)Cc1ccc(F)cc1. The van der Waals surface area contributed by atoms with Gasteiger partial charge in [-0.3, -0.25) is 0 Å². The van der Waals surface area contributed by atoms with Gasteiger partial charge in [-0.15, -0.1) is 0 Å². The van der Waals surface area contributed by atoms with Crippen LogP contribution in [0.4, 0.5) is 4.39 Å². The van der Waals surface area contributed by atoms with Crippen LogP contribution in [0.3, 0.4) is 0 Å². The molecule has 6 heteroatoms. The maximum atomic E-state index is 12.4. The van der Waals surface area contributed by atoms with Crippen molar-refractivity contribution in [3.63, 3.8) is 0 Å². The molecule has 2 aromatic rings. The van der Waals surface area contributed by atoms with E-state index in [-0.39, 0.29) is 12.4 Å². The van der Waals surface area contributed by atoms with Crippen molar-refractivity contribution in [1.82, 2.24) is 0 Å². The van der Waals surface area contributed by atoms with E-state index < -0.39 is 15.9 Å². The monoisotopic (exact) mass is 355 g/mol. The molecule has 0 aliphatic carbocycles. The number of rotatable bonds is 4. The zero-order valence-corrected chi connectivity index (χ0v) is 15.1. The summed E-state index contributed by atoms with van der Waals surface area (Å²) in [5.74, 6) is -0.263. The molecule has 0 spiro atoms. The number of halogens is 1. The molecule has 0 amide bonds.